The Kier molecular flexibility index (Phi) is 6.24. The normalized spacial score (nSPS) is 19.0. The van der Waals surface area contributed by atoms with E-state index in [1.165, 1.54) is 15.0 Å². The van der Waals surface area contributed by atoms with Crippen molar-refractivity contribution in [2.45, 2.75) is 51.6 Å². The van der Waals surface area contributed by atoms with Crippen molar-refractivity contribution in [3.05, 3.63) is 115 Å². The Hall–Kier alpha value is -4.14. The van der Waals surface area contributed by atoms with Gasteiger partial charge in [-0.1, -0.05) is 42.8 Å². The summed E-state index contributed by atoms with van der Waals surface area (Å²) in [5, 5.41) is 11.9. The van der Waals surface area contributed by atoms with E-state index in [1.807, 2.05) is 37.3 Å². The first-order chi connectivity index (χ1) is 19.4. The molecule has 1 aliphatic carbocycles. The van der Waals surface area contributed by atoms with E-state index >= 15 is 0 Å². The maximum absolute atomic E-state index is 13.6. The van der Waals surface area contributed by atoms with Crippen LogP contribution in [0.1, 0.15) is 67.0 Å². The van der Waals surface area contributed by atoms with Crippen molar-refractivity contribution >= 4 is 33.9 Å². The van der Waals surface area contributed by atoms with Gasteiger partial charge in [0.05, 0.1) is 27.7 Å². The fraction of sp³-hybridized carbons (Fsp3) is 0.281. The van der Waals surface area contributed by atoms with Crippen molar-refractivity contribution in [1.29, 1.82) is 0 Å². The number of hydrogen-bond donors (Lipinski definition) is 3. The van der Waals surface area contributed by atoms with Gasteiger partial charge in [-0.05, 0) is 79.6 Å². The van der Waals surface area contributed by atoms with Crippen LogP contribution in [-0.2, 0) is 10.4 Å². The number of aromatic nitrogens is 3. The number of nitrogens with two attached hydrogens (primary N) is 1. The van der Waals surface area contributed by atoms with Gasteiger partial charge in [0.15, 0.2) is 0 Å². The quantitative estimate of drug-likeness (QED) is 0.285. The van der Waals surface area contributed by atoms with Crippen molar-refractivity contribution in [2.75, 3.05) is 0 Å². The van der Waals surface area contributed by atoms with Crippen LogP contribution in [0, 0.1) is 12.8 Å². The molecule has 210 valence electrons. The SMILES string of the molecule is Cc1c([C@H]2c3c([nH]c4cc(C(C)(C)O)ccc34)[C@@H](C(N)=O)CC2C)cccc1-n1c(=O)cc2c(Cl)cccn2c1=O. The van der Waals surface area contributed by atoms with Crippen LogP contribution in [0.25, 0.3) is 22.1 Å². The molecule has 8 nitrogen and oxygen atoms in total. The number of primary amides is 1. The van der Waals surface area contributed by atoms with Crippen molar-refractivity contribution in [3.8, 4) is 5.69 Å². The average molecular weight is 571 g/mol. The molecule has 6 rings (SSSR count). The molecule has 3 heterocycles. The summed E-state index contributed by atoms with van der Waals surface area (Å²) in [5.74, 6) is -1.01. The zero-order chi connectivity index (χ0) is 29.4. The first-order valence-corrected chi connectivity index (χ1v) is 14.0. The van der Waals surface area contributed by atoms with E-state index in [0.717, 1.165) is 38.9 Å². The zero-order valence-electron chi connectivity index (χ0n) is 23.2. The number of nitrogens with zero attached hydrogens (tertiary/aromatic N) is 2. The molecule has 3 aromatic heterocycles. The van der Waals surface area contributed by atoms with Gasteiger partial charge in [-0.15, -0.1) is 0 Å². The standard InChI is InChI=1S/C32H31ClN4O4/c1-16-13-21(30(34)39)29-28(20-11-10-18(32(3,4)41)14-23(20)35-29)27(16)19-7-5-9-24(17(19)2)37-26(38)15-25-22(33)8-6-12-36(25)31(37)40/h5-12,14-16,21,27,35,41H,13H2,1-4H3,(H2,34,39)/t16?,21-,27-/m0/s1. The third-order valence-electron chi connectivity index (χ3n) is 8.54. The highest BCUT2D eigenvalue weighted by Crippen LogP contribution is 2.49. The number of carbonyl (C=O) groups is 1. The van der Waals surface area contributed by atoms with Gasteiger partial charge in [0, 0.05) is 34.8 Å². The van der Waals surface area contributed by atoms with E-state index in [9.17, 15) is 19.5 Å². The lowest BCUT2D eigenvalue weighted by molar-refractivity contribution is -0.120. The number of amides is 1. The number of benzene rings is 2. The Labute approximate surface area is 241 Å². The van der Waals surface area contributed by atoms with E-state index in [2.05, 4.69) is 11.9 Å². The number of H-pyrrole nitrogens is 1. The summed E-state index contributed by atoms with van der Waals surface area (Å²) in [6.45, 7) is 7.47. The molecule has 4 N–H and O–H groups in total. The first kappa shape index (κ1) is 27.1. The molecule has 3 atom stereocenters. The second-order valence-corrected chi connectivity index (χ2v) is 12.0. The molecule has 5 aromatic rings. The maximum Gasteiger partial charge on any atom is 0.340 e. The lowest BCUT2D eigenvalue weighted by atomic mass is 9.69. The summed E-state index contributed by atoms with van der Waals surface area (Å²) in [5.41, 5.74) is 9.75. The molecule has 41 heavy (non-hydrogen) atoms. The molecule has 9 heteroatoms. The predicted octanol–water partition coefficient (Wildman–Crippen LogP) is 4.86. The Morgan fingerprint density at radius 2 is 1.88 bits per heavy atom. The minimum absolute atomic E-state index is 0.0233. The number of aromatic amines is 1. The Morgan fingerprint density at radius 1 is 1.12 bits per heavy atom. The van der Waals surface area contributed by atoms with Gasteiger partial charge in [-0.3, -0.25) is 14.0 Å². The molecule has 0 aliphatic heterocycles. The Balaban J connectivity index is 1.59. The van der Waals surface area contributed by atoms with Gasteiger partial charge >= 0.3 is 5.69 Å². The molecule has 0 fully saturated rings. The highest BCUT2D eigenvalue weighted by Gasteiger charge is 2.39. The maximum atomic E-state index is 13.6. The summed E-state index contributed by atoms with van der Waals surface area (Å²) < 4.78 is 2.54. The van der Waals surface area contributed by atoms with Crippen LogP contribution in [-0.4, -0.2) is 25.0 Å². The summed E-state index contributed by atoms with van der Waals surface area (Å²) in [6, 6.07) is 16.1. The Bertz CT molecular complexity index is 2000. The lowest BCUT2D eigenvalue weighted by Gasteiger charge is -2.35. The lowest BCUT2D eigenvalue weighted by Crippen LogP contribution is -2.36. The van der Waals surface area contributed by atoms with Crippen molar-refractivity contribution < 1.29 is 9.90 Å². The van der Waals surface area contributed by atoms with Crippen molar-refractivity contribution in [1.82, 2.24) is 14.0 Å². The predicted molar refractivity (Wildman–Crippen MR) is 160 cm³/mol. The van der Waals surface area contributed by atoms with Crippen molar-refractivity contribution in [3.63, 3.8) is 0 Å². The first-order valence-electron chi connectivity index (χ1n) is 13.6. The van der Waals surface area contributed by atoms with E-state index in [-0.39, 0.29) is 11.8 Å². The zero-order valence-corrected chi connectivity index (χ0v) is 24.0. The average Bonchev–Trinajstić information content (AvgIpc) is 3.28. The number of aliphatic hydroxyl groups is 1. The number of pyridine rings is 1. The third kappa shape index (κ3) is 4.21. The summed E-state index contributed by atoms with van der Waals surface area (Å²) >= 11 is 6.27. The number of halogens is 1. The molecule has 0 saturated carbocycles. The molecular formula is C32H31ClN4O4. The molecule has 0 spiro atoms. The van der Waals surface area contributed by atoms with Crippen molar-refractivity contribution in [2.24, 2.45) is 11.7 Å². The number of carbonyl (C=O) groups excluding carboxylic acids is 1. The Morgan fingerprint density at radius 3 is 2.59 bits per heavy atom. The molecule has 1 aliphatic rings. The van der Waals surface area contributed by atoms with Crippen LogP contribution in [0.2, 0.25) is 5.02 Å². The second-order valence-electron chi connectivity index (χ2n) is 11.6. The fourth-order valence-corrected chi connectivity index (χ4v) is 6.70. The largest absolute Gasteiger partial charge is 0.386 e. The number of hydrogen-bond acceptors (Lipinski definition) is 4. The molecule has 0 radical (unpaired) electrons. The molecular weight excluding hydrogens is 540 g/mol. The topological polar surface area (TPSA) is 123 Å². The van der Waals surface area contributed by atoms with Gasteiger partial charge in [0.1, 0.15) is 0 Å². The van der Waals surface area contributed by atoms with Gasteiger partial charge in [0.2, 0.25) is 5.91 Å². The highest BCUT2D eigenvalue weighted by atomic mass is 35.5. The molecule has 2 aromatic carbocycles. The second kappa shape index (κ2) is 9.46. The summed E-state index contributed by atoms with van der Waals surface area (Å²) in [6.07, 6.45) is 2.13. The van der Waals surface area contributed by atoms with Crippen LogP contribution in [0.4, 0.5) is 0 Å². The van der Waals surface area contributed by atoms with E-state index in [1.54, 1.807) is 38.2 Å². The van der Waals surface area contributed by atoms with Crippen LogP contribution < -0.4 is 17.0 Å². The highest BCUT2D eigenvalue weighted by molar-refractivity contribution is 6.33. The minimum Gasteiger partial charge on any atom is -0.386 e. The number of nitrogens with one attached hydrogen (secondary N) is 1. The van der Waals surface area contributed by atoms with E-state index in [4.69, 9.17) is 17.3 Å². The van der Waals surface area contributed by atoms with Gasteiger partial charge in [-0.25, -0.2) is 9.36 Å². The van der Waals surface area contributed by atoms with E-state index < -0.39 is 28.7 Å². The molecule has 0 saturated heterocycles. The van der Waals surface area contributed by atoms with Crippen LogP contribution in [0.15, 0.2) is 70.4 Å². The molecule has 1 amide bonds. The van der Waals surface area contributed by atoms with Gasteiger partial charge < -0.3 is 15.8 Å². The van der Waals surface area contributed by atoms with Gasteiger partial charge in [0.25, 0.3) is 5.56 Å². The van der Waals surface area contributed by atoms with Crippen LogP contribution in [0.5, 0.6) is 0 Å². The van der Waals surface area contributed by atoms with Gasteiger partial charge in [-0.2, -0.15) is 0 Å². The van der Waals surface area contributed by atoms with Crippen LogP contribution in [0.3, 0.4) is 0 Å². The fourth-order valence-electron chi connectivity index (χ4n) is 6.49. The molecule has 1 unspecified atom stereocenters. The summed E-state index contributed by atoms with van der Waals surface area (Å²) in [7, 11) is 0. The molecule has 0 bridgehead atoms. The number of fused-ring (bicyclic) bond motifs is 4. The summed E-state index contributed by atoms with van der Waals surface area (Å²) in [4.78, 5) is 42.9. The smallest absolute Gasteiger partial charge is 0.340 e. The third-order valence-corrected chi connectivity index (χ3v) is 8.86. The number of rotatable bonds is 4. The minimum atomic E-state index is -1.04. The van der Waals surface area contributed by atoms with Crippen LogP contribution >= 0.6 is 11.6 Å². The van der Waals surface area contributed by atoms with E-state index in [0.29, 0.717) is 22.6 Å². The monoisotopic (exact) mass is 570 g/mol.